The SMILES string of the molecule is Cc1cccnc1N1CCC(C)C(O)C1. The van der Waals surface area contributed by atoms with E-state index >= 15 is 0 Å². The molecule has 1 fully saturated rings. The number of hydrogen-bond acceptors (Lipinski definition) is 3. The van der Waals surface area contributed by atoms with E-state index in [-0.39, 0.29) is 6.10 Å². The monoisotopic (exact) mass is 206 g/mol. The average Bonchev–Trinajstić information content (AvgIpc) is 2.23. The summed E-state index contributed by atoms with van der Waals surface area (Å²) in [6.45, 7) is 5.87. The van der Waals surface area contributed by atoms with Gasteiger partial charge in [-0.3, -0.25) is 0 Å². The molecule has 3 nitrogen and oxygen atoms in total. The molecule has 3 heteroatoms. The number of piperidine rings is 1. The minimum absolute atomic E-state index is 0.222. The summed E-state index contributed by atoms with van der Waals surface area (Å²) in [6.07, 6.45) is 2.63. The minimum atomic E-state index is -0.222. The lowest BCUT2D eigenvalue weighted by atomic mass is 9.96. The summed E-state index contributed by atoms with van der Waals surface area (Å²) in [5, 5.41) is 9.83. The van der Waals surface area contributed by atoms with E-state index in [1.807, 2.05) is 12.3 Å². The molecule has 1 saturated heterocycles. The molecular weight excluding hydrogens is 188 g/mol. The Morgan fingerprint density at radius 2 is 2.33 bits per heavy atom. The number of aliphatic hydroxyl groups is 1. The third kappa shape index (κ3) is 2.12. The van der Waals surface area contributed by atoms with Crippen molar-refractivity contribution in [1.82, 2.24) is 4.98 Å². The van der Waals surface area contributed by atoms with Crippen molar-refractivity contribution in [1.29, 1.82) is 0 Å². The fraction of sp³-hybridized carbons (Fsp3) is 0.583. The number of aryl methyl sites for hydroxylation is 1. The zero-order valence-corrected chi connectivity index (χ0v) is 9.35. The van der Waals surface area contributed by atoms with E-state index in [0.29, 0.717) is 12.5 Å². The quantitative estimate of drug-likeness (QED) is 0.758. The zero-order chi connectivity index (χ0) is 10.8. The highest BCUT2D eigenvalue weighted by Gasteiger charge is 2.25. The van der Waals surface area contributed by atoms with Gasteiger partial charge in [0.15, 0.2) is 0 Å². The van der Waals surface area contributed by atoms with E-state index in [1.54, 1.807) is 0 Å². The molecule has 1 aliphatic heterocycles. The van der Waals surface area contributed by atoms with Crippen LogP contribution in [0.2, 0.25) is 0 Å². The molecule has 1 N–H and O–H groups in total. The van der Waals surface area contributed by atoms with Gasteiger partial charge in [0.25, 0.3) is 0 Å². The molecule has 0 saturated carbocycles. The van der Waals surface area contributed by atoms with Crippen molar-refractivity contribution < 1.29 is 5.11 Å². The molecule has 0 bridgehead atoms. The maximum absolute atomic E-state index is 9.83. The molecule has 0 amide bonds. The van der Waals surface area contributed by atoms with Crippen LogP contribution in [0, 0.1) is 12.8 Å². The van der Waals surface area contributed by atoms with Gasteiger partial charge in [0, 0.05) is 19.3 Å². The number of rotatable bonds is 1. The van der Waals surface area contributed by atoms with Crippen molar-refractivity contribution in [3.63, 3.8) is 0 Å². The summed E-state index contributed by atoms with van der Waals surface area (Å²) in [4.78, 5) is 6.56. The highest BCUT2D eigenvalue weighted by Crippen LogP contribution is 2.23. The third-order valence-electron chi connectivity index (χ3n) is 3.20. The van der Waals surface area contributed by atoms with Crippen molar-refractivity contribution in [3.8, 4) is 0 Å². The van der Waals surface area contributed by atoms with Crippen molar-refractivity contribution in [2.75, 3.05) is 18.0 Å². The molecule has 0 spiro atoms. The number of pyridine rings is 1. The number of β-amino-alcohol motifs (C(OH)–C–C–N with tert-alkyl or cyclic N) is 1. The predicted molar refractivity (Wildman–Crippen MR) is 61.0 cm³/mol. The molecule has 1 aliphatic rings. The summed E-state index contributed by atoms with van der Waals surface area (Å²) in [5.41, 5.74) is 1.18. The van der Waals surface area contributed by atoms with Crippen LogP contribution in [0.3, 0.4) is 0 Å². The predicted octanol–water partition coefficient (Wildman–Crippen LogP) is 1.60. The second-order valence-corrected chi connectivity index (χ2v) is 4.42. The number of hydrogen-bond donors (Lipinski definition) is 1. The van der Waals surface area contributed by atoms with Gasteiger partial charge in [-0.15, -0.1) is 0 Å². The van der Waals surface area contributed by atoms with Gasteiger partial charge in [-0.2, -0.15) is 0 Å². The standard InChI is InChI=1S/C12H18N2O/c1-9-5-7-14(8-11(9)15)12-10(2)4-3-6-13-12/h3-4,6,9,11,15H,5,7-8H2,1-2H3. The average molecular weight is 206 g/mol. The third-order valence-corrected chi connectivity index (χ3v) is 3.20. The van der Waals surface area contributed by atoms with E-state index < -0.39 is 0 Å². The van der Waals surface area contributed by atoms with Crippen molar-refractivity contribution >= 4 is 5.82 Å². The second-order valence-electron chi connectivity index (χ2n) is 4.42. The Morgan fingerprint density at radius 1 is 1.53 bits per heavy atom. The number of aliphatic hydroxyl groups excluding tert-OH is 1. The van der Waals surface area contributed by atoms with Crippen LogP contribution in [-0.2, 0) is 0 Å². The van der Waals surface area contributed by atoms with Gasteiger partial charge in [0.1, 0.15) is 5.82 Å². The molecule has 1 aromatic heterocycles. The van der Waals surface area contributed by atoms with Crippen LogP contribution in [0.4, 0.5) is 5.82 Å². The number of aromatic nitrogens is 1. The molecule has 2 atom stereocenters. The zero-order valence-electron chi connectivity index (χ0n) is 9.35. The Kier molecular flexibility index (Phi) is 2.91. The summed E-state index contributed by atoms with van der Waals surface area (Å²) in [6, 6.07) is 4.01. The molecule has 0 radical (unpaired) electrons. The molecule has 82 valence electrons. The molecule has 2 unspecified atom stereocenters. The molecule has 0 aliphatic carbocycles. The minimum Gasteiger partial charge on any atom is -0.391 e. The number of nitrogens with zero attached hydrogens (tertiary/aromatic N) is 2. The number of anilines is 1. The summed E-state index contributed by atoms with van der Waals surface area (Å²) < 4.78 is 0. The first-order valence-electron chi connectivity index (χ1n) is 5.53. The molecule has 2 rings (SSSR count). The van der Waals surface area contributed by atoms with Gasteiger partial charge in [-0.05, 0) is 30.9 Å². The topological polar surface area (TPSA) is 36.4 Å². The molecule has 15 heavy (non-hydrogen) atoms. The van der Waals surface area contributed by atoms with E-state index in [0.717, 1.165) is 18.8 Å². The van der Waals surface area contributed by atoms with Gasteiger partial charge in [0.05, 0.1) is 6.10 Å². The van der Waals surface area contributed by atoms with Gasteiger partial charge in [0.2, 0.25) is 0 Å². The Morgan fingerprint density at radius 3 is 3.00 bits per heavy atom. The maximum atomic E-state index is 9.83. The Bertz CT molecular complexity index is 340. The molecule has 1 aromatic rings. The fourth-order valence-corrected chi connectivity index (χ4v) is 2.05. The molecular formula is C12H18N2O. The fourth-order valence-electron chi connectivity index (χ4n) is 2.05. The molecule has 0 aromatic carbocycles. The molecule has 2 heterocycles. The lowest BCUT2D eigenvalue weighted by Crippen LogP contribution is -2.43. The van der Waals surface area contributed by atoms with Crippen LogP contribution in [0.1, 0.15) is 18.9 Å². The van der Waals surface area contributed by atoms with E-state index in [2.05, 4.69) is 29.8 Å². The summed E-state index contributed by atoms with van der Waals surface area (Å²) in [5.74, 6) is 1.42. The van der Waals surface area contributed by atoms with Crippen molar-refractivity contribution in [2.45, 2.75) is 26.4 Å². The first-order valence-corrected chi connectivity index (χ1v) is 5.53. The second kappa shape index (κ2) is 4.19. The van der Waals surface area contributed by atoms with Crippen LogP contribution in [0.25, 0.3) is 0 Å². The van der Waals surface area contributed by atoms with Crippen LogP contribution in [0.15, 0.2) is 18.3 Å². The normalized spacial score (nSPS) is 26.7. The van der Waals surface area contributed by atoms with Gasteiger partial charge in [-0.1, -0.05) is 13.0 Å². The van der Waals surface area contributed by atoms with Crippen LogP contribution >= 0.6 is 0 Å². The van der Waals surface area contributed by atoms with Crippen LogP contribution < -0.4 is 4.90 Å². The summed E-state index contributed by atoms with van der Waals surface area (Å²) >= 11 is 0. The first-order chi connectivity index (χ1) is 7.18. The van der Waals surface area contributed by atoms with Crippen LogP contribution in [-0.4, -0.2) is 29.3 Å². The highest BCUT2D eigenvalue weighted by molar-refractivity contribution is 5.46. The van der Waals surface area contributed by atoms with Crippen molar-refractivity contribution in [2.24, 2.45) is 5.92 Å². The van der Waals surface area contributed by atoms with Crippen LogP contribution in [0.5, 0.6) is 0 Å². The van der Waals surface area contributed by atoms with Gasteiger partial charge >= 0.3 is 0 Å². The lowest BCUT2D eigenvalue weighted by Gasteiger charge is -2.35. The Balaban J connectivity index is 2.15. The van der Waals surface area contributed by atoms with Crippen molar-refractivity contribution in [3.05, 3.63) is 23.9 Å². The Hall–Kier alpha value is -1.09. The first kappa shape index (κ1) is 10.4. The van der Waals surface area contributed by atoms with E-state index in [4.69, 9.17) is 0 Å². The smallest absolute Gasteiger partial charge is 0.131 e. The van der Waals surface area contributed by atoms with Gasteiger partial charge < -0.3 is 10.0 Å². The Labute approximate surface area is 90.8 Å². The van der Waals surface area contributed by atoms with E-state index in [1.165, 1.54) is 5.56 Å². The van der Waals surface area contributed by atoms with Gasteiger partial charge in [-0.25, -0.2) is 4.98 Å². The highest BCUT2D eigenvalue weighted by atomic mass is 16.3. The van der Waals surface area contributed by atoms with E-state index in [9.17, 15) is 5.11 Å². The summed E-state index contributed by atoms with van der Waals surface area (Å²) in [7, 11) is 0. The lowest BCUT2D eigenvalue weighted by molar-refractivity contribution is 0.102. The maximum Gasteiger partial charge on any atom is 0.131 e. The largest absolute Gasteiger partial charge is 0.391 e.